The third kappa shape index (κ3) is 2.85. The first-order chi connectivity index (χ1) is 7.58. The minimum atomic E-state index is -0.959. The van der Waals surface area contributed by atoms with Crippen LogP contribution in [0.4, 0.5) is 5.69 Å². The van der Waals surface area contributed by atoms with Crippen molar-refractivity contribution in [1.29, 1.82) is 0 Å². The number of nitrogens with two attached hydrogens (primary N) is 1. The van der Waals surface area contributed by atoms with Crippen molar-refractivity contribution in [1.82, 2.24) is 5.43 Å². The molecule has 6 nitrogen and oxygen atoms in total. The maximum Gasteiger partial charge on any atom is 0.323 e. The number of benzene rings is 1. The zero-order valence-electron chi connectivity index (χ0n) is 8.41. The Balaban J connectivity index is 2.88. The Morgan fingerprint density at radius 3 is 2.62 bits per heavy atom. The van der Waals surface area contributed by atoms with Crippen molar-refractivity contribution in [3.8, 4) is 5.75 Å². The van der Waals surface area contributed by atoms with E-state index in [9.17, 15) is 9.59 Å². The lowest BCUT2D eigenvalue weighted by Crippen LogP contribution is -2.39. The van der Waals surface area contributed by atoms with Gasteiger partial charge >= 0.3 is 11.8 Å². The van der Waals surface area contributed by atoms with Crippen LogP contribution in [0.1, 0.15) is 0 Å². The second-order valence-electron chi connectivity index (χ2n) is 2.77. The molecule has 0 aliphatic carbocycles. The molecule has 4 N–H and O–H groups in total. The molecule has 1 aromatic carbocycles. The number of carbonyl (C=O) groups excluding carboxylic acids is 2. The number of hydrazine groups is 1. The smallest absolute Gasteiger partial charge is 0.323 e. The fourth-order valence-electron chi connectivity index (χ4n) is 0.972. The molecule has 16 heavy (non-hydrogen) atoms. The standard InChI is InChI=1S/C9H10ClN3O3/c1-16-5-2-3-6(10)7(4-5)12-8(14)9(15)13-11/h2-4H,11H2,1H3,(H,12,14)(H,13,15). The molecule has 1 aromatic rings. The first kappa shape index (κ1) is 12.3. The third-order valence-electron chi connectivity index (χ3n) is 1.76. The van der Waals surface area contributed by atoms with Gasteiger partial charge in [-0.25, -0.2) is 5.84 Å². The van der Waals surface area contributed by atoms with Gasteiger partial charge in [-0.05, 0) is 12.1 Å². The van der Waals surface area contributed by atoms with Gasteiger partial charge in [0.15, 0.2) is 0 Å². The highest BCUT2D eigenvalue weighted by Crippen LogP contribution is 2.26. The number of ether oxygens (including phenoxy) is 1. The van der Waals surface area contributed by atoms with Crippen molar-refractivity contribution in [2.45, 2.75) is 0 Å². The molecule has 0 saturated carbocycles. The Hall–Kier alpha value is -1.79. The first-order valence-corrected chi connectivity index (χ1v) is 4.61. The number of hydrogen-bond acceptors (Lipinski definition) is 4. The first-order valence-electron chi connectivity index (χ1n) is 4.24. The van der Waals surface area contributed by atoms with Gasteiger partial charge in [-0.3, -0.25) is 15.0 Å². The van der Waals surface area contributed by atoms with Gasteiger partial charge in [-0.15, -0.1) is 0 Å². The van der Waals surface area contributed by atoms with Gasteiger partial charge in [0, 0.05) is 6.07 Å². The van der Waals surface area contributed by atoms with Crippen LogP contribution in [0.2, 0.25) is 5.02 Å². The molecule has 7 heteroatoms. The summed E-state index contributed by atoms with van der Waals surface area (Å²) >= 11 is 5.81. The molecular weight excluding hydrogens is 234 g/mol. The Bertz CT molecular complexity index is 422. The zero-order valence-corrected chi connectivity index (χ0v) is 9.17. The summed E-state index contributed by atoms with van der Waals surface area (Å²) in [7, 11) is 1.47. The Labute approximate surface area is 96.7 Å². The van der Waals surface area contributed by atoms with Crippen molar-refractivity contribution in [3.63, 3.8) is 0 Å². The van der Waals surface area contributed by atoms with Crippen LogP contribution in [0.5, 0.6) is 5.75 Å². The predicted octanol–water partition coefficient (Wildman–Crippen LogP) is 0.277. The van der Waals surface area contributed by atoms with E-state index in [2.05, 4.69) is 5.32 Å². The van der Waals surface area contributed by atoms with Crippen LogP contribution in [0.3, 0.4) is 0 Å². The molecule has 0 spiro atoms. The van der Waals surface area contributed by atoms with E-state index in [0.717, 1.165) is 0 Å². The van der Waals surface area contributed by atoms with Crippen LogP contribution in [0, 0.1) is 0 Å². The van der Waals surface area contributed by atoms with Crippen molar-refractivity contribution >= 4 is 29.1 Å². The molecule has 2 amide bonds. The molecule has 0 bridgehead atoms. The number of hydrogen-bond donors (Lipinski definition) is 3. The molecule has 0 saturated heterocycles. The second kappa shape index (κ2) is 5.34. The zero-order chi connectivity index (χ0) is 12.1. The Morgan fingerprint density at radius 1 is 1.38 bits per heavy atom. The summed E-state index contributed by atoms with van der Waals surface area (Å²) in [6, 6.07) is 4.65. The number of halogens is 1. The molecular formula is C9H10ClN3O3. The minimum Gasteiger partial charge on any atom is -0.497 e. The van der Waals surface area contributed by atoms with Crippen LogP contribution in [0.25, 0.3) is 0 Å². The largest absolute Gasteiger partial charge is 0.497 e. The van der Waals surface area contributed by atoms with E-state index < -0.39 is 11.8 Å². The average molecular weight is 244 g/mol. The van der Waals surface area contributed by atoms with E-state index in [1.165, 1.54) is 19.2 Å². The van der Waals surface area contributed by atoms with E-state index in [1.54, 1.807) is 11.5 Å². The number of carbonyl (C=O) groups is 2. The van der Waals surface area contributed by atoms with E-state index in [1.807, 2.05) is 0 Å². The van der Waals surface area contributed by atoms with Crippen LogP contribution >= 0.6 is 11.6 Å². The molecule has 0 heterocycles. The summed E-state index contributed by atoms with van der Waals surface area (Å²) in [5, 5.41) is 2.58. The quantitative estimate of drug-likeness (QED) is 0.301. The summed E-state index contributed by atoms with van der Waals surface area (Å²) in [6.45, 7) is 0. The van der Waals surface area contributed by atoms with Crippen LogP contribution in [0.15, 0.2) is 18.2 Å². The number of nitrogens with one attached hydrogen (secondary N) is 2. The van der Waals surface area contributed by atoms with Gasteiger partial charge in [0.2, 0.25) is 0 Å². The normalized spacial score (nSPS) is 9.44. The highest BCUT2D eigenvalue weighted by molar-refractivity contribution is 6.41. The highest BCUT2D eigenvalue weighted by Gasteiger charge is 2.13. The van der Waals surface area contributed by atoms with E-state index in [0.29, 0.717) is 10.8 Å². The van der Waals surface area contributed by atoms with Gasteiger partial charge in [0.25, 0.3) is 0 Å². The summed E-state index contributed by atoms with van der Waals surface area (Å²) in [5.74, 6) is 3.45. The number of rotatable bonds is 2. The van der Waals surface area contributed by atoms with Crippen molar-refractivity contribution in [2.24, 2.45) is 5.84 Å². The number of methoxy groups -OCH3 is 1. The molecule has 0 unspecified atom stereocenters. The van der Waals surface area contributed by atoms with E-state index >= 15 is 0 Å². The molecule has 0 aliphatic heterocycles. The summed E-state index contributed by atoms with van der Waals surface area (Å²) in [6.07, 6.45) is 0. The molecule has 0 atom stereocenters. The average Bonchev–Trinajstić information content (AvgIpc) is 2.30. The van der Waals surface area contributed by atoms with Crippen molar-refractivity contribution in [2.75, 3.05) is 12.4 Å². The fraction of sp³-hybridized carbons (Fsp3) is 0.111. The SMILES string of the molecule is COc1ccc(Cl)c(NC(=O)C(=O)NN)c1. The summed E-state index contributed by atoms with van der Waals surface area (Å²) in [5.41, 5.74) is 1.98. The Kier molecular flexibility index (Phi) is 4.10. The minimum absolute atomic E-state index is 0.273. The number of anilines is 1. The van der Waals surface area contributed by atoms with Crippen molar-refractivity contribution < 1.29 is 14.3 Å². The monoisotopic (exact) mass is 243 g/mol. The topological polar surface area (TPSA) is 93.4 Å². The lowest BCUT2D eigenvalue weighted by atomic mass is 10.3. The molecule has 0 fully saturated rings. The molecule has 1 rings (SSSR count). The van der Waals surface area contributed by atoms with Crippen LogP contribution < -0.4 is 21.3 Å². The van der Waals surface area contributed by atoms with Gasteiger partial charge in [0.05, 0.1) is 17.8 Å². The molecule has 0 aliphatic rings. The van der Waals surface area contributed by atoms with Crippen molar-refractivity contribution in [3.05, 3.63) is 23.2 Å². The second-order valence-corrected chi connectivity index (χ2v) is 3.18. The lowest BCUT2D eigenvalue weighted by Gasteiger charge is -2.07. The van der Waals surface area contributed by atoms with Crippen LogP contribution in [-0.4, -0.2) is 18.9 Å². The van der Waals surface area contributed by atoms with E-state index in [-0.39, 0.29) is 5.69 Å². The lowest BCUT2D eigenvalue weighted by molar-refractivity contribution is -0.136. The van der Waals surface area contributed by atoms with Crippen LogP contribution in [-0.2, 0) is 9.59 Å². The molecule has 0 radical (unpaired) electrons. The maximum atomic E-state index is 11.2. The highest BCUT2D eigenvalue weighted by atomic mass is 35.5. The number of amides is 2. The van der Waals surface area contributed by atoms with Gasteiger partial charge in [-0.2, -0.15) is 0 Å². The summed E-state index contributed by atoms with van der Waals surface area (Å²) < 4.78 is 4.94. The fourth-order valence-corrected chi connectivity index (χ4v) is 1.14. The van der Waals surface area contributed by atoms with Gasteiger partial charge < -0.3 is 10.1 Å². The third-order valence-corrected chi connectivity index (χ3v) is 2.09. The molecule has 0 aromatic heterocycles. The predicted molar refractivity (Wildman–Crippen MR) is 59.0 cm³/mol. The van der Waals surface area contributed by atoms with Gasteiger partial charge in [-0.1, -0.05) is 11.6 Å². The van der Waals surface area contributed by atoms with Gasteiger partial charge in [0.1, 0.15) is 5.75 Å². The molecule has 86 valence electrons. The Morgan fingerprint density at radius 2 is 2.06 bits per heavy atom. The maximum absolute atomic E-state index is 11.2. The van der Waals surface area contributed by atoms with E-state index in [4.69, 9.17) is 22.2 Å². The summed E-state index contributed by atoms with van der Waals surface area (Å²) in [4.78, 5) is 22.1.